The van der Waals surface area contributed by atoms with Gasteiger partial charge in [0.15, 0.2) is 11.5 Å². The summed E-state index contributed by atoms with van der Waals surface area (Å²) in [6, 6.07) is 14.5. The van der Waals surface area contributed by atoms with Crippen molar-refractivity contribution < 1.29 is 4.79 Å². The number of fused-ring (bicyclic) bond motifs is 1. The number of amides is 1. The quantitative estimate of drug-likeness (QED) is 0.471. The molecule has 170 valence electrons. The van der Waals surface area contributed by atoms with Gasteiger partial charge in [0.2, 0.25) is 5.91 Å². The van der Waals surface area contributed by atoms with Gasteiger partial charge in [0.25, 0.3) is 0 Å². The van der Waals surface area contributed by atoms with Gasteiger partial charge >= 0.3 is 0 Å². The summed E-state index contributed by atoms with van der Waals surface area (Å²) in [6.07, 6.45) is 5.41. The van der Waals surface area contributed by atoms with Crippen LogP contribution in [0.4, 0.5) is 0 Å². The number of carbonyl (C=O) groups is 1. The maximum atomic E-state index is 13.1. The highest BCUT2D eigenvalue weighted by Gasteiger charge is 2.25. The molecule has 5 rings (SSSR count). The summed E-state index contributed by atoms with van der Waals surface area (Å²) >= 11 is 0. The van der Waals surface area contributed by atoms with Gasteiger partial charge in [-0.05, 0) is 63.6 Å². The molecule has 1 saturated heterocycles. The third kappa shape index (κ3) is 4.27. The average molecular weight is 443 g/mol. The van der Waals surface area contributed by atoms with Crippen molar-refractivity contribution in [1.29, 1.82) is 0 Å². The van der Waals surface area contributed by atoms with Gasteiger partial charge in [-0.1, -0.05) is 30.3 Å². The highest BCUT2D eigenvalue weighted by Crippen LogP contribution is 2.24. The number of aryl methyl sites for hydroxylation is 2. The second-order valence-electron chi connectivity index (χ2n) is 9.11. The average Bonchev–Trinajstić information content (AvgIpc) is 3.34. The Kier molecular flexibility index (Phi) is 5.70. The lowest BCUT2D eigenvalue weighted by Crippen LogP contribution is -2.39. The van der Waals surface area contributed by atoms with Crippen LogP contribution in [0.15, 0.2) is 48.7 Å². The van der Waals surface area contributed by atoms with Gasteiger partial charge in [-0.2, -0.15) is 5.10 Å². The molecule has 4 heterocycles. The first-order valence-corrected chi connectivity index (χ1v) is 11.7. The predicted molar refractivity (Wildman–Crippen MR) is 127 cm³/mol. The Labute approximate surface area is 194 Å². The van der Waals surface area contributed by atoms with Crippen molar-refractivity contribution in [1.82, 2.24) is 29.3 Å². The fraction of sp³-hybridized carbons (Fsp3) is 0.385. The Bertz CT molecular complexity index is 1280. The molecule has 0 radical (unpaired) electrons. The van der Waals surface area contributed by atoms with Crippen LogP contribution in [0.25, 0.3) is 11.5 Å². The number of piperidine rings is 1. The molecule has 7 nitrogen and oxygen atoms in total. The second kappa shape index (κ2) is 8.81. The van der Waals surface area contributed by atoms with Gasteiger partial charge in [-0.25, -0.2) is 14.2 Å². The number of hydrogen-bond acceptors (Lipinski definition) is 4. The molecular weight excluding hydrogens is 412 g/mol. The molecule has 7 heteroatoms. The largest absolute Gasteiger partial charge is 0.342 e. The third-order valence-corrected chi connectivity index (χ3v) is 6.84. The molecular formula is C26H30N6O. The van der Waals surface area contributed by atoms with E-state index in [1.807, 2.05) is 47.0 Å². The van der Waals surface area contributed by atoms with E-state index in [-0.39, 0.29) is 5.91 Å². The molecule has 0 N–H and O–H groups in total. The van der Waals surface area contributed by atoms with Gasteiger partial charge in [0.1, 0.15) is 0 Å². The topological polar surface area (TPSA) is 68.3 Å². The van der Waals surface area contributed by atoms with E-state index in [9.17, 15) is 4.79 Å². The molecule has 0 spiro atoms. The molecule has 1 aliphatic heterocycles. The van der Waals surface area contributed by atoms with E-state index < -0.39 is 0 Å². The number of benzene rings is 1. The molecule has 1 fully saturated rings. The molecule has 0 bridgehead atoms. The van der Waals surface area contributed by atoms with Crippen LogP contribution in [0.1, 0.15) is 41.1 Å². The number of hydrogen-bond donors (Lipinski definition) is 0. The number of nitrogens with zero attached hydrogens (tertiary/aromatic N) is 6. The first-order valence-electron chi connectivity index (χ1n) is 11.7. The molecule has 1 aromatic carbocycles. The minimum absolute atomic E-state index is 0.188. The summed E-state index contributed by atoms with van der Waals surface area (Å²) in [5, 5.41) is 9.40. The molecule has 1 aliphatic rings. The summed E-state index contributed by atoms with van der Waals surface area (Å²) in [5.41, 5.74) is 6.01. The molecule has 4 aromatic rings. The van der Waals surface area contributed by atoms with Crippen LogP contribution < -0.4 is 0 Å². The highest BCUT2D eigenvalue weighted by molar-refractivity contribution is 5.79. The third-order valence-electron chi connectivity index (χ3n) is 6.84. The van der Waals surface area contributed by atoms with E-state index >= 15 is 0 Å². The maximum Gasteiger partial charge on any atom is 0.227 e. The predicted octanol–water partition coefficient (Wildman–Crippen LogP) is 3.86. The van der Waals surface area contributed by atoms with E-state index in [4.69, 9.17) is 10.2 Å². The number of aromatic nitrogens is 5. The fourth-order valence-electron chi connectivity index (χ4n) is 4.84. The van der Waals surface area contributed by atoms with E-state index in [1.165, 1.54) is 5.56 Å². The van der Waals surface area contributed by atoms with Crippen molar-refractivity contribution >= 4 is 11.6 Å². The number of rotatable bonds is 5. The van der Waals surface area contributed by atoms with Gasteiger partial charge < -0.3 is 4.90 Å². The lowest BCUT2D eigenvalue weighted by atomic mass is 9.90. The molecule has 0 unspecified atom stereocenters. The highest BCUT2D eigenvalue weighted by atomic mass is 16.2. The van der Waals surface area contributed by atoms with Gasteiger partial charge in [0, 0.05) is 24.3 Å². The van der Waals surface area contributed by atoms with E-state index in [1.54, 1.807) is 6.20 Å². The Morgan fingerprint density at radius 2 is 1.76 bits per heavy atom. The van der Waals surface area contributed by atoms with Crippen LogP contribution >= 0.6 is 0 Å². The van der Waals surface area contributed by atoms with Crippen LogP contribution in [-0.2, 0) is 17.6 Å². The molecule has 0 saturated carbocycles. The minimum atomic E-state index is 0.188. The van der Waals surface area contributed by atoms with Crippen LogP contribution in [-0.4, -0.2) is 48.3 Å². The minimum Gasteiger partial charge on any atom is -0.342 e. The SMILES string of the molecule is Cc1nn(-c2ccc3ncc(C)n3n2)c(C)c1CC(=O)N1CCC(Cc2ccccc2)CC1. The standard InChI is InChI=1S/C26H30N6O/c1-18-17-27-24-9-10-25(29-31(18)24)32-20(3)23(19(2)28-32)16-26(33)30-13-11-22(12-14-30)15-21-7-5-4-6-8-21/h4-10,17,22H,11-16H2,1-3H3. The summed E-state index contributed by atoms with van der Waals surface area (Å²) in [7, 11) is 0. The lowest BCUT2D eigenvalue weighted by molar-refractivity contribution is -0.131. The lowest BCUT2D eigenvalue weighted by Gasteiger charge is -2.32. The maximum absolute atomic E-state index is 13.1. The van der Waals surface area contributed by atoms with E-state index in [0.29, 0.717) is 12.3 Å². The normalized spacial score (nSPS) is 14.8. The summed E-state index contributed by atoms with van der Waals surface area (Å²) in [6.45, 7) is 7.63. The molecule has 0 aliphatic carbocycles. The fourth-order valence-corrected chi connectivity index (χ4v) is 4.84. The van der Waals surface area contributed by atoms with Crippen molar-refractivity contribution in [2.45, 2.75) is 46.5 Å². The Morgan fingerprint density at radius 1 is 1.00 bits per heavy atom. The van der Waals surface area contributed by atoms with Crippen molar-refractivity contribution in [3.8, 4) is 5.82 Å². The summed E-state index contributed by atoms with van der Waals surface area (Å²) < 4.78 is 3.65. The van der Waals surface area contributed by atoms with Crippen LogP contribution in [0.3, 0.4) is 0 Å². The first kappa shape index (κ1) is 21.4. The van der Waals surface area contributed by atoms with Gasteiger partial charge in [-0.3, -0.25) is 4.79 Å². The van der Waals surface area contributed by atoms with Crippen molar-refractivity contribution in [3.63, 3.8) is 0 Å². The Balaban J connectivity index is 1.26. The summed E-state index contributed by atoms with van der Waals surface area (Å²) in [5.74, 6) is 1.56. The zero-order valence-corrected chi connectivity index (χ0v) is 19.5. The number of likely N-dealkylation sites (tertiary alicyclic amines) is 1. The van der Waals surface area contributed by atoms with Crippen molar-refractivity contribution in [2.24, 2.45) is 5.92 Å². The zero-order valence-electron chi connectivity index (χ0n) is 19.5. The van der Waals surface area contributed by atoms with Crippen molar-refractivity contribution in [3.05, 3.63) is 76.9 Å². The first-order chi connectivity index (χ1) is 16.0. The molecule has 33 heavy (non-hydrogen) atoms. The number of imidazole rings is 1. The second-order valence-corrected chi connectivity index (χ2v) is 9.11. The molecule has 0 atom stereocenters. The van der Waals surface area contributed by atoms with Crippen LogP contribution in [0.5, 0.6) is 0 Å². The van der Waals surface area contributed by atoms with Gasteiger partial charge in [-0.15, -0.1) is 5.10 Å². The van der Waals surface area contributed by atoms with Gasteiger partial charge in [0.05, 0.1) is 24.0 Å². The molecule has 1 amide bonds. The monoisotopic (exact) mass is 442 g/mol. The number of carbonyl (C=O) groups excluding carboxylic acids is 1. The van der Waals surface area contributed by atoms with E-state index in [2.05, 4.69) is 35.3 Å². The molecule has 3 aromatic heterocycles. The Hall–Kier alpha value is -3.48. The zero-order chi connectivity index (χ0) is 22.9. The van der Waals surface area contributed by atoms with Crippen LogP contribution in [0, 0.1) is 26.7 Å². The van der Waals surface area contributed by atoms with E-state index in [0.717, 1.165) is 66.5 Å². The summed E-state index contributed by atoms with van der Waals surface area (Å²) in [4.78, 5) is 19.5. The van der Waals surface area contributed by atoms with Crippen LogP contribution in [0.2, 0.25) is 0 Å². The van der Waals surface area contributed by atoms with Crippen molar-refractivity contribution in [2.75, 3.05) is 13.1 Å². The smallest absolute Gasteiger partial charge is 0.227 e. The Morgan fingerprint density at radius 3 is 2.52 bits per heavy atom.